The van der Waals surface area contributed by atoms with Crippen LogP contribution in [0.5, 0.6) is 11.5 Å². The molecule has 0 unspecified atom stereocenters. The molecule has 0 atom stereocenters. The van der Waals surface area contributed by atoms with E-state index in [9.17, 15) is 29.4 Å². The molecule has 0 bridgehead atoms. The Morgan fingerprint density at radius 3 is 1.17 bits per heavy atom. The lowest BCUT2D eigenvalue weighted by Gasteiger charge is -2.12. The van der Waals surface area contributed by atoms with Gasteiger partial charge in [-0.15, -0.1) is 0 Å². The first-order chi connectivity index (χ1) is 18.2. The van der Waals surface area contributed by atoms with Crippen molar-refractivity contribution in [3.63, 3.8) is 0 Å². The molecule has 36 heavy (non-hydrogen) atoms. The van der Waals surface area contributed by atoms with Crippen LogP contribution in [0, 0.1) is 0 Å². The van der Waals surface area contributed by atoms with Gasteiger partial charge in [0.05, 0.1) is 43.6 Å². The molecule has 1 heterocycles. The highest BCUT2D eigenvalue weighted by Gasteiger charge is 2.21. The second-order valence-corrected chi connectivity index (χ2v) is 8.66. The zero-order valence-corrected chi connectivity index (χ0v) is 18.2. The van der Waals surface area contributed by atoms with Crippen molar-refractivity contribution in [2.75, 3.05) is 0 Å². The minimum absolute atomic E-state index is 0.0826. The summed E-state index contributed by atoms with van der Waals surface area (Å²) in [5.74, 6) is -1.14. The highest BCUT2D eigenvalue weighted by atomic mass is 16.3. The molecule has 0 fully saturated rings. The summed E-state index contributed by atoms with van der Waals surface area (Å²) in [5.41, 5.74) is -3.15. The van der Waals surface area contributed by atoms with E-state index >= 15 is 0 Å². The number of rotatable bonds is 0. The molecule has 0 amide bonds. The van der Waals surface area contributed by atoms with Gasteiger partial charge in [0.25, 0.3) is 0 Å². The first-order valence-corrected chi connectivity index (χ1v) is 11.0. The molecule has 0 aliphatic rings. The van der Waals surface area contributed by atoms with Crippen molar-refractivity contribution in [2.24, 2.45) is 0 Å². The topological polar surface area (TPSA) is 140 Å². The van der Waals surface area contributed by atoms with Gasteiger partial charge in [0.1, 0.15) is 11.5 Å². The summed E-state index contributed by atoms with van der Waals surface area (Å²) in [7, 11) is 0. The van der Waals surface area contributed by atoms with Gasteiger partial charge >= 0.3 is 0 Å². The van der Waals surface area contributed by atoms with Crippen molar-refractivity contribution >= 4 is 65.2 Å². The average molecular weight is 476 g/mol. The lowest BCUT2D eigenvalue weighted by Crippen LogP contribution is -2.15. The number of aromatic hydroxyl groups is 2. The molecule has 0 saturated heterocycles. The normalized spacial score (nSPS) is 12.8. The first kappa shape index (κ1) is 18.1. The van der Waals surface area contributed by atoms with E-state index in [4.69, 9.17) is 2.82 Å². The van der Waals surface area contributed by atoms with Crippen LogP contribution in [0.3, 0.4) is 0 Å². The Bertz CT molecular complexity index is 2310. The number of aromatic amines is 2. The summed E-state index contributed by atoms with van der Waals surface area (Å²) in [5, 5.41) is 20.9. The van der Waals surface area contributed by atoms with Gasteiger partial charge < -0.3 is 20.2 Å². The number of H-pyrrole nitrogens is 2. The Morgan fingerprint density at radius 1 is 0.528 bits per heavy atom. The van der Waals surface area contributed by atoms with Gasteiger partial charge in [0, 0.05) is 33.7 Å². The van der Waals surface area contributed by atoms with E-state index in [0.29, 0.717) is 0 Å². The third-order valence-corrected chi connectivity index (χ3v) is 6.72. The van der Waals surface area contributed by atoms with Gasteiger partial charge in [0.15, 0.2) is 24.5 Å². The van der Waals surface area contributed by atoms with Crippen LogP contribution in [-0.4, -0.2) is 20.2 Å². The molecule has 172 valence electrons. The summed E-state index contributed by atoms with van der Waals surface area (Å²) in [6.45, 7) is 0. The molecule has 8 nitrogen and oxygen atoms in total. The van der Waals surface area contributed by atoms with Gasteiger partial charge in [-0.1, -0.05) is 48.5 Å². The van der Waals surface area contributed by atoms with Crippen LogP contribution < -0.4 is 21.7 Å². The van der Waals surface area contributed by atoms with E-state index in [1.54, 1.807) is 24.3 Å². The van der Waals surface area contributed by atoms with Crippen molar-refractivity contribution in [1.82, 2.24) is 9.95 Å². The van der Waals surface area contributed by atoms with Crippen LogP contribution in [0.1, 0.15) is 0 Å². The summed E-state index contributed by atoms with van der Waals surface area (Å²) in [4.78, 5) is 55.2. The molecule has 7 aromatic rings. The third kappa shape index (κ3) is 2.37. The van der Waals surface area contributed by atoms with E-state index in [-0.39, 0.29) is 65.2 Å². The molecule has 8 heteroatoms. The molecule has 0 radical (unpaired) electrons. The standard InChI is InChI=1S/C28H14N2O6/c31-17-9-15-23(21-19(17)25(33)11-5-1-3-7-13(11)27(21)35)29-16-10-18(32)20-22(24(16)30-15)28(36)14-8-4-2-6-12(14)26(20)34/h1-10,29-32H/i/hD2. The third-order valence-electron chi connectivity index (χ3n) is 6.72. The van der Waals surface area contributed by atoms with Crippen molar-refractivity contribution in [3.8, 4) is 11.5 Å². The quantitative estimate of drug-likeness (QED) is 0.195. The average Bonchev–Trinajstić information content (AvgIpc) is 2.92. The predicted molar refractivity (Wildman–Crippen MR) is 140 cm³/mol. The monoisotopic (exact) mass is 476 g/mol. The van der Waals surface area contributed by atoms with Gasteiger partial charge in [-0.25, -0.2) is 0 Å². The number of fused-ring (bicyclic) bond motifs is 8. The Balaban J connectivity index is 1.85. The van der Waals surface area contributed by atoms with Crippen LogP contribution in [0.4, 0.5) is 0 Å². The van der Waals surface area contributed by atoms with Crippen molar-refractivity contribution in [3.05, 3.63) is 102 Å². The molecular weight excluding hydrogens is 460 g/mol. The Morgan fingerprint density at radius 2 is 0.833 bits per heavy atom. The largest absolute Gasteiger partial charge is 0.507 e. The maximum absolute atomic E-state index is 13.6. The fourth-order valence-corrected chi connectivity index (χ4v) is 5.13. The van der Waals surface area contributed by atoms with E-state index in [0.717, 1.165) is 22.1 Å². The molecule has 1 aromatic heterocycles. The summed E-state index contributed by atoms with van der Waals surface area (Å²) >= 11 is 0. The maximum atomic E-state index is 13.6. The van der Waals surface area contributed by atoms with Crippen LogP contribution in [0.15, 0.2) is 79.8 Å². The summed E-state index contributed by atoms with van der Waals surface area (Å²) in [6, 6.07) is 14.3. The van der Waals surface area contributed by atoms with E-state index < -0.39 is 33.2 Å². The van der Waals surface area contributed by atoms with Crippen LogP contribution in [0.2, 0.25) is 2.82 Å². The number of benzene rings is 6. The van der Waals surface area contributed by atoms with Gasteiger partial charge in [-0.2, -0.15) is 0 Å². The number of hydrogen-bond acceptors (Lipinski definition) is 6. The second kappa shape index (κ2) is 6.67. The number of hydrogen-bond donors (Lipinski definition) is 4. The number of phenols is 2. The first-order valence-electron chi connectivity index (χ1n) is 11.9. The highest BCUT2D eigenvalue weighted by Crippen LogP contribution is 2.33. The molecule has 6 aromatic carbocycles. The SMILES string of the molecule is [2H]n1c2cc(O)c3c(=O)c4ccccc4c(=O)c3c2n([2H])c2cc(O)c3c(=O)c4ccccc4c(=O)c3c21. The molecule has 0 aliphatic carbocycles. The van der Waals surface area contributed by atoms with Gasteiger partial charge in [0.2, 0.25) is 0 Å². The summed E-state index contributed by atoms with van der Waals surface area (Å²) in [6.07, 6.45) is 0. The van der Waals surface area contributed by atoms with Crippen molar-refractivity contribution in [1.29, 1.82) is 0 Å². The molecule has 0 aliphatic heterocycles. The van der Waals surface area contributed by atoms with E-state index in [1.165, 1.54) is 24.3 Å². The second-order valence-electron chi connectivity index (χ2n) is 8.66. The fraction of sp³-hybridized carbons (Fsp3) is 0. The summed E-state index contributed by atoms with van der Waals surface area (Å²) < 4.78 is 17.8. The van der Waals surface area contributed by atoms with Crippen molar-refractivity contribution < 1.29 is 13.0 Å². The zero-order valence-electron chi connectivity index (χ0n) is 20.2. The number of nitrogens with one attached hydrogen (secondary N) is 2. The molecule has 0 spiro atoms. The van der Waals surface area contributed by atoms with Crippen LogP contribution in [-0.2, 0) is 0 Å². The lowest BCUT2D eigenvalue weighted by atomic mass is 9.98. The fourth-order valence-electron chi connectivity index (χ4n) is 5.13. The molecular formula is C28H14N2O6. The Labute approximate surface area is 201 Å². The highest BCUT2D eigenvalue weighted by molar-refractivity contribution is 6.16. The molecule has 0 saturated carbocycles. The molecule has 4 N–H and O–H groups in total. The minimum Gasteiger partial charge on any atom is -0.507 e. The smallest absolute Gasteiger partial charge is 0.198 e. The molecule has 7 rings (SSSR count). The van der Waals surface area contributed by atoms with Crippen LogP contribution in [0.25, 0.3) is 65.2 Å². The van der Waals surface area contributed by atoms with E-state index in [2.05, 4.69) is 0 Å². The number of phenolic OH excluding ortho intramolecular Hbond substituents is 2. The Hall–Kier alpha value is -5.24. The van der Waals surface area contributed by atoms with Gasteiger partial charge in [-0.05, 0) is 0 Å². The van der Waals surface area contributed by atoms with Crippen LogP contribution >= 0.6 is 0 Å². The maximum Gasteiger partial charge on any atom is 0.198 e. The van der Waals surface area contributed by atoms with Crippen molar-refractivity contribution in [2.45, 2.75) is 0 Å². The predicted octanol–water partition coefficient (Wildman–Crippen LogP) is 3.55. The Kier molecular flexibility index (Phi) is 3.36. The minimum atomic E-state index is -0.626. The number of aromatic nitrogens is 2. The van der Waals surface area contributed by atoms with E-state index in [1.807, 2.05) is 0 Å². The van der Waals surface area contributed by atoms with Gasteiger partial charge in [-0.3, -0.25) is 19.2 Å². The zero-order chi connectivity index (χ0) is 26.6. The lowest BCUT2D eigenvalue weighted by molar-refractivity contribution is 0.481.